The van der Waals surface area contributed by atoms with Gasteiger partial charge in [-0.3, -0.25) is 0 Å². The Balaban J connectivity index is 3.17. The molecule has 1 heterocycles. The van der Waals surface area contributed by atoms with Gasteiger partial charge in [0.1, 0.15) is 10.4 Å². The first-order chi connectivity index (χ1) is 4.20. The van der Waals surface area contributed by atoms with E-state index in [2.05, 4.69) is 20.9 Å². The quantitative estimate of drug-likeness (QED) is 0.530. The van der Waals surface area contributed by atoms with Crippen LogP contribution in [-0.4, -0.2) is 4.98 Å². The van der Waals surface area contributed by atoms with Crippen LogP contribution in [0.1, 0.15) is 0 Å². The van der Waals surface area contributed by atoms with Crippen LogP contribution in [0.4, 0.5) is 4.39 Å². The summed E-state index contributed by atoms with van der Waals surface area (Å²) < 4.78 is 13.7. The zero-order valence-corrected chi connectivity index (χ0v) is 7.98. The number of hydrogen-bond donors (Lipinski definition) is 0. The van der Waals surface area contributed by atoms with Crippen molar-refractivity contribution in [2.45, 2.75) is 0 Å². The van der Waals surface area contributed by atoms with E-state index in [4.69, 9.17) is 0 Å². The Morgan fingerprint density at radius 3 is 2.78 bits per heavy atom. The summed E-state index contributed by atoms with van der Waals surface area (Å²) in [5, 5.41) is 0. The van der Waals surface area contributed by atoms with Crippen LogP contribution in [0.3, 0.4) is 0 Å². The van der Waals surface area contributed by atoms with Crippen LogP contribution >= 0.6 is 38.5 Å². The third-order valence-corrected chi connectivity index (χ3v) is 2.96. The lowest BCUT2D eigenvalue weighted by Gasteiger charge is -1.91. The number of hydrogen-bond acceptors (Lipinski definition) is 1. The standard InChI is InChI=1S/C5H2BrFIN/c6-5-4(8)1-3(7)2-9-5/h1-2H. The van der Waals surface area contributed by atoms with Crippen LogP contribution in [0.25, 0.3) is 0 Å². The molecular weight excluding hydrogens is 300 g/mol. The number of aromatic nitrogens is 1. The van der Waals surface area contributed by atoms with Gasteiger partial charge in [0.15, 0.2) is 0 Å². The second kappa shape index (κ2) is 2.92. The molecule has 0 spiro atoms. The van der Waals surface area contributed by atoms with Crippen molar-refractivity contribution >= 4 is 38.5 Å². The molecular formula is C5H2BrFIN. The molecule has 48 valence electrons. The van der Waals surface area contributed by atoms with Crippen LogP contribution < -0.4 is 0 Å². The summed E-state index contributed by atoms with van der Waals surface area (Å²) in [6, 6.07) is 1.41. The SMILES string of the molecule is Fc1cnc(Br)c(I)c1. The summed E-state index contributed by atoms with van der Waals surface area (Å²) >= 11 is 5.14. The van der Waals surface area contributed by atoms with E-state index in [1.165, 1.54) is 12.3 Å². The number of pyridine rings is 1. The number of nitrogens with zero attached hydrogens (tertiary/aromatic N) is 1. The first kappa shape index (κ1) is 7.40. The van der Waals surface area contributed by atoms with E-state index >= 15 is 0 Å². The smallest absolute Gasteiger partial charge is 0.142 e. The van der Waals surface area contributed by atoms with Crippen molar-refractivity contribution in [1.82, 2.24) is 4.98 Å². The minimum atomic E-state index is -0.303. The Morgan fingerprint density at radius 2 is 2.33 bits per heavy atom. The second-order valence-electron chi connectivity index (χ2n) is 1.43. The van der Waals surface area contributed by atoms with Gasteiger partial charge in [-0.25, -0.2) is 9.37 Å². The Labute approximate surface area is 73.9 Å². The zero-order valence-electron chi connectivity index (χ0n) is 4.24. The summed E-state index contributed by atoms with van der Waals surface area (Å²) in [6.45, 7) is 0. The van der Waals surface area contributed by atoms with E-state index in [0.717, 1.165) is 3.57 Å². The van der Waals surface area contributed by atoms with Gasteiger partial charge in [-0.1, -0.05) is 0 Å². The van der Waals surface area contributed by atoms with Gasteiger partial charge in [0.2, 0.25) is 0 Å². The lowest BCUT2D eigenvalue weighted by Crippen LogP contribution is -1.82. The predicted molar refractivity (Wildman–Crippen MR) is 44.6 cm³/mol. The van der Waals surface area contributed by atoms with Crippen LogP contribution in [-0.2, 0) is 0 Å². The van der Waals surface area contributed by atoms with Crippen LogP contribution in [0.2, 0.25) is 0 Å². The Bertz CT molecular complexity index is 228. The molecule has 1 aromatic rings. The van der Waals surface area contributed by atoms with E-state index in [-0.39, 0.29) is 5.82 Å². The van der Waals surface area contributed by atoms with Crippen LogP contribution in [0, 0.1) is 9.39 Å². The van der Waals surface area contributed by atoms with Gasteiger partial charge in [-0.15, -0.1) is 0 Å². The molecule has 0 unspecified atom stereocenters. The van der Waals surface area contributed by atoms with E-state index in [0.29, 0.717) is 4.60 Å². The normalized spacial score (nSPS) is 9.67. The van der Waals surface area contributed by atoms with Gasteiger partial charge in [-0.05, 0) is 44.6 Å². The molecule has 0 saturated heterocycles. The van der Waals surface area contributed by atoms with Crippen LogP contribution in [0.5, 0.6) is 0 Å². The fraction of sp³-hybridized carbons (Fsp3) is 0. The maximum absolute atomic E-state index is 12.3. The number of halogens is 3. The highest BCUT2D eigenvalue weighted by Crippen LogP contribution is 2.15. The summed E-state index contributed by atoms with van der Waals surface area (Å²) in [5.74, 6) is -0.303. The first-order valence-electron chi connectivity index (χ1n) is 2.16. The molecule has 0 amide bonds. The fourth-order valence-electron chi connectivity index (χ4n) is 0.398. The third kappa shape index (κ3) is 1.86. The van der Waals surface area contributed by atoms with Gasteiger partial charge in [-0.2, -0.15) is 0 Å². The molecule has 0 N–H and O–H groups in total. The van der Waals surface area contributed by atoms with Crippen LogP contribution in [0.15, 0.2) is 16.9 Å². The lowest BCUT2D eigenvalue weighted by molar-refractivity contribution is 0.619. The topological polar surface area (TPSA) is 12.9 Å². The second-order valence-corrected chi connectivity index (χ2v) is 3.34. The summed E-state index contributed by atoms with van der Waals surface area (Å²) in [6.07, 6.45) is 1.17. The molecule has 1 aromatic heterocycles. The monoisotopic (exact) mass is 301 g/mol. The van der Waals surface area contributed by atoms with E-state index in [1.54, 1.807) is 0 Å². The molecule has 0 bridgehead atoms. The summed E-state index contributed by atoms with van der Waals surface area (Å²) in [5.41, 5.74) is 0. The minimum absolute atomic E-state index is 0.303. The third-order valence-electron chi connectivity index (χ3n) is 0.763. The predicted octanol–water partition coefficient (Wildman–Crippen LogP) is 2.59. The number of rotatable bonds is 0. The minimum Gasteiger partial charge on any atom is -0.245 e. The van der Waals surface area contributed by atoms with Crippen molar-refractivity contribution in [2.75, 3.05) is 0 Å². The first-order valence-corrected chi connectivity index (χ1v) is 4.04. The van der Waals surface area contributed by atoms with Crippen molar-refractivity contribution in [3.8, 4) is 0 Å². The lowest BCUT2D eigenvalue weighted by atomic mass is 10.5. The van der Waals surface area contributed by atoms with Crippen molar-refractivity contribution in [1.29, 1.82) is 0 Å². The molecule has 0 aliphatic rings. The summed E-state index contributed by atoms with van der Waals surface area (Å²) in [4.78, 5) is 3.71. The van der Waals surface area contributed by atoms with Gasteiger partial charge in [0.25, 0.3) is 0 Å². The van der Waals surface area contributed by atoms with Gasteiger partial charge < -0.3 is 0 Å². The zero-order chi connectivity index (χ0) is 6.85. The van der Waals surface area contributed by atoms with Gasteiger partial charge in [0.05, 0.1) is 6.20 Å². The highest BCUT2D eigenvalue weighted by atomic mass is 127. The summed E-state index contributed by atoms with van der Waals surface area (Å²) in [7, 11) is 0. The van der Waals surface area contributed by atoms with E-state index in [1.807, 2.05) is 22.6 Å². The molecule has 0 radical (unpaired) electrons. The van der Waals surface area contributed by atoms with Crippen molar-refractivity contribution in [2.24, 2.45) is 0 Å². The highest BCUT2D eigenvalue weighted by molar-refractivity contribution is 14.1. The van der Waals surface area contributed by atoms with E-state index < -0.39 is 0 Å². The maximum atomic E-state index is 12.3. The highest BCUT2D eigenvalue weighted by Gasteiger charge is 1.96. The van der Waals surface area contributed by atoms with Gasteiger partial charge >= 0.3 is 0 Å². The average Bonchev–Trinajstić information content (AvgIpc) is 1.80. The Morgan fingerprint density at radius 1 is 1.67 bits per heavy atom. The maximum Gasteiger partial charge on any atom is 0.142 e. The average molecular weight is 302 g/mol. The molecule has 0 fully saturated rings. The Kier molecular flexibility index (Phi) is 2.40. The largest absolute Gasteiger partial charge is 0.245 e. The van der Waals surface area contributed by atoms with Crippen molar-refractivity contribution in [3.63, 3.8) is 0 Å². The molecule has 9 heavy (non-hydrogen) atoms. The van der Waals surface area contributed by atoms with Crippen molar-refractivity contribution < 1.29 is 4.39 Å². The molecule has 0 aliphatic carbocycles. The molecule has 0 aromatic carbocycles. The fourth-order valence-corrected chi connectivity index (χ4v) is 1.05. The van der Waals surface area contributed by atoms with Gasteiger partial charge in [0, 0.05) is 3.57 Å². The molecule has 0 saturated carbocycles. The Hall–Kier alpha value is 0.290. The van der Waals surface area contributed by atoms with E-state index in [9.17, 15) is 4.39 Å². The molecule has 1 nitrogen and oxygen atoms in total. The molecule has 0 aliphatic heterocycles. The molecule has 1 rings (SSSR count). The molecule has 0 atom stereocenters. The molecule has 4 heteroatoms. The van der Waals surface area contributed by atoms with Crippen molar-refractivity contribution in [3.05, 3.63) is 26.3 Å².